The van der Waals surface area contributed by atoms with Crippen LogP contribution in [0.3, 0.4) is 0 Å². The minimum atomic E-state index is -0.183. The largest absolute Gasteiger partial charge is 0.369 e. The molecule has 126 valence electrons. The number of benzene rings is 2. The molecule has 0 saturated carbocycles. The van der Waals surface area contributed by atoms with E-state index in [9.17, 15) is 4.79 Å². The SMILES string of the molecule is O=C(Nc1ccc(Br)cc1)c1cccnc1NCCc1ccccc1. The van der Waals surface area contributed by atoms with Gasteiger partial charge in [-0.2, -0.15) is 0 Å². The van der Waals surface area contributed by atoms with Gasteiger partial charge in [-0.25, -0.2) is 4.98 Å². The second-order valence-electron chi connectivity index (χ2n) is 5.52. The van der Waals surface area contributed by atoms with Crippen molar-refractivity contribution in [1.82, 2.24) is 4.98 Å². The summed E-state index contributed by atoms with van der Waals surface area (Å²) in [6.07, 6.45) is 2.55. The van der Waals surface area contributed by atoms with Crippen LogP contribution in [0.15, 0.2) is 77.4 Å². The molecule has 2 aromatic carbocycles. The highest BCUT2D eigenvalue weighted by atomic mass is 79.9. The number of nitrogens with one attached hydrogen (secondary N) is 2. The van der Waals surface area contributed by atoms with Crippen LogP contribution in [0, 0.1) is 0 Å². The maximum Gasteiger partial charge on any atom is 0.259 e. The van der Waals surface area contributed by atoms with Gasteiger partial charge in [0.2, 0.25) is 0 Å². The standard InChI is InChI=1S/C20H18BrN3O/c21-16-8-10-17(11-9-16)24-20(25)18-7-4-13-22-19(18)23-14-12-15-5-2-1-3-6-15/h1-11,13H,12,14H2,(H,22,23)(H,24,25). The molecule has 0 aliphatic carbocycles. The van der Waals surface area contributed by atoms with Crippen LogP contribution in [-0.2, 0) is 6.42 Å². The van der Waals surface area contributed by atoms with E-state index in [-0.39, 0.29) is 5.91 Å². The third kappa shape index (κ3) is 4.90. The van der Waals surface area contributed by atoms with Crippen LogP contribution in [-0.4, -0.2) is 17.4 Å². The number of hydrogen-bond acceptors (Lipinski definition) is 3. The summed E-state index contributed by atoms with van der Waals surface area (Å²) in [5, 5.41) is 6.15. The molecule has 1 amide bonds. The second-order valence-corrected chi connectivity index (χ2v) is 6.44. The third-order valence-electron chi connectivity index (χ3n) is 3.70. The Labute approximate surface area is 155 Å². The number of nitrogens with zero attached hydrogens (tertiary/aromatic N) is 1. The zero-order valence-electron chi connectivity index (χ0n) is 13.6. The number of rotatable bonds is 6. The molecule has 4 nitrogen and oxygen atoms in total. The fraction of sp³-hybridized carbons (Fsp3) is 0.100. The molecule has 0 saturated heterocycles. The smallest absolute Gasteiger partial charge is 0.259 e. The van der Waals surface area contributed by atoms with E-state index in [0.29, 0.717) is 17.9 Å². The zero-order valence-corrected chi connectivity index (χ0v) is 15.2. The van der Waals surface area contributed by atoms with Gasteiger partial charge in [0.15, 0.2) is 0 Å². The average Bonchev–Trinajstić information content (AvgIpc) is 2.65. The molecular weight excluding hydrogens is 378 g/mol. The van der Waals surface area contributed by atoms with Gasteiger partial charge in [0.05, 0.1) is 5.56 Å². The molecule has 0 aliphatic rings. The Hall–Kier alpha value is -2.66. The van der Waals surface area contributed by atoms with Gasteiger partial charge in [0, 0.05) is 22.9 Å². The van der Waals surface area contributed by atoms with Crippen LogP contribution < -0.4 is 10.6 Å². The summed E-state index contributed by atoms with van der Waals surface area (Å²) in [4.78, 5) is 16.9. The number of halogens is 1. The number of pyridine rings is 1. The van der Waals surface area contributed by atoms with Gasteiger partial charge < -0.3 is 10.6 Å². The lowest BCUT2D eigenvalue weighted by molar-refractivity contribution is 0.102. The molecule has 0 fully saturated rings. The first-order chi connectivity index (χ1) is 12.2. The lowest BCUT2D eigenvalue weighted by atomic mass is 10.1. The van der Waals surface area contributed by atoms with Gasteiger partial charge >= 0.3 is 0 Å². The monoisotopic (exact) mass is 395 g/mol. The number of aromatic nitrogens is 1. The van der Waals surface area contributed by atoms with Crippen molar-refractivity contribution in [3.8, 4) is 0 Å². The molecule has 1 heterocycles. The van der Waals surface area contributed by atoms with E-state index >= 15 is 0 Å². The quantitative estimate of drug-likeness (QED) is 0.632. The third-order valence-corrected chi connectivity index (χ3v) is 4.23. The van der Waals surface area contributed by atoms with Crippen molar-refractivity contribution in [2.75, 3.05) is 17.2 Å². The summed E-state index contributed by atoms with van der Waals surface area (Å²) < 4.78 is 0.968. The first-order valence-electron chi connectivity index (χ1n) is 8.02. The Morgan fingerprint density at radius 2 is 1.72 bits per heavy atom. The summed E-state index contributed by atoms with van der Waals surface area (Å²) >= 11 is 3.38. The van der Waals surface area contributed by atoms with E-state index in [1.54, 1.807) is 18.3 Å². The maximum absolute atomic E-state index is 12.6. The topological polar surface area (TPSA) is 54.0 Å². The van der Waals surface area contributed by atoms with Crippen molar-refractivity contribution in [1.29, 1.82) is 0 Å². The molecule has 3 aromatic rings. The van der Waals surface area contributed by atoms with Crippen LogP contribution in [0.25, 0.3) is 0 Å². The number of hydrogen-bond donors (Lipinski definition) is 2. The van der Waals surface area contributed by atoms with E-state index in [4.69, 9.17) is 0 Å². The minimum Gasteiger partial charge on any atom is -0.369 e. The second kappa shape index (κ2) is 8.44. The number of amides is 1. The Morgan fingerprint density at radius 1 is 0.960 bits per heavy atom. The van der Waals surface area contributed by atoms with Crippen molar-refractivity contribution in [3.05, 3.63) is 88.5 Å². The molecule has 0 unspecified atom stereocenters. The Balaban J connectivity index is 1.65. The zero-order chi connectivity index (χ0) is 17.5. The van der Waals surface area contributed by atoms with E-state index in [1.807, 2.05) is 42.5 Å². The van der Waals surface area contributed by atoms with Gasteiger partial charge in [-0.3, -0.25) is 4.79 Å². The maximum atomic E-state index is 12.6. The van der Waals surface area contributed by atoms with E-state index in [1.165, 1.54) is 5.56 Å². The summed E-state index contributed by atoms with van der Waals surface area (Å²) in [5.74, 6) is 0.408. The van der Waals surface area contributed by atoms with Gasteiger partial charge in [-0.05, 0) is 48.4 Å². The molecule has 2 N–H and O–H groups in total. The number of carbonyl (C=O) groups is 1. The van der Waals surface area contributed by atoms with Gasteiger partial charge in [-0.15, -0.1) is 0 Å². The summed E-state index contributed by atoms with van der Waals surface area (Å²) in [7, 11) is 0. The summed E-state index contributed by atoms with van der Waals surface area (Å²) in [6.45, 7) is 0.708. The van der Waals surface area contributed by atoms with E-state index in [0.717, 1.165) is 16.6 Å². The Kier molecular flexibility index (Phi) is 5.80. The molecule has 5 heteroatoms. The highest BCUT2D eigenvalue weighted by Crippen LogP contribution is 2.17. The van der Waals surface area contributed by atoms with Crippen molar-refractivity contribution in [2.45, 2.75) is 6.42 Å². The van der Waals surface area contributed by atoms with E-state index in [2.05, 4.69) is 43.7 Å². The van der Waals surface area contributed by atoms with Crippen molar-refractivity contribution in [3.63, 3.8) is 0 Å². The number of carbonyl (C=O) groups excluding carboxylic acids is 1. The molecule has 3 rings (SSSR count). The van der Waals surface area contributed by atoms with Crippen molar-refractivity contribution >= 4 is 33.3 Å². The highest BCUT2D eigenvalue weighted by Gasteiger charge is 2.12. The summed E-state index contributed by atoms with van der Waals surface area (Å²) in [6, 6.07) is 21.2. The van der Waals surface area contributed by atoms with Crippen molar-refractivity contribution < 1.29 is 4.79 Å². The van der Waals surface area contributed by atoms with Crippen LogP contribution in [0.2, 0.25) is 0 Å². The minimum absolute atomic E-state index is 0.183. The van der Waals surface area contributed by atoms with Gasteiger partial charge in [0.1, 0.15) is 5.82 Å². The Morgan fingerprint density at radius 3 is 2.48 bits per heavy atom. The first kappa shape index (κ1) is 17.2. The molecule has 25 heavy (non-hydrogen) atoms. The van der Waals surface area contributed by atoms with Crippen LogP contribution in [0.4, 0.5) is 11.5 Å². The molecular formula is C20H18BrN3O. The molecule has 0 spiro atoms. The lowest BCUT2D eigenvalue weighted by Crippen LogP contribution is -2.16. The van der Waals surface area contributed by atoms with Gasteiger partial charge in [0.25, 0.3) is 5.91 Å². The number of anilines is 2. The highest BCUT2D eigenvalue weighted by molar-refractivity contribution is 9.10. The molecule has 0 aliphatic heterocycles. The van der Waals surface area contributed by atoms with Crippen LogP contribution >= 0.6 is 15.9 Å². The molecule has 0 bridgehead atoms. The molecule has 1 aromatic heterocycles. The fourth-order valence-electron chi connectivity index (χ4n) is 2.43. The van der Waals surface area contributed by atoms with Crippen molar-refractivity contribution in [2.24, 2.45) is 0 Å². The predicted molar refractivity (Wildman–Crippen MR) is 105 cm³/mol. The molecule has 0 atom stereocenters. The molecule has 0 radical (unpaired) electrons. The van der Waals surface area contributed by atoms with Crippen LogP contribution in [0.1, 0.15) is 15.9 Å². The Bertz CT molecular complexity index is 835. The normalized spacial score (nSPS) is 10.3. The fourth-order valence-corrected chi connectivity index (χ4v) is 2.70. The summed E-state index contributed by atoms with van der Waals surface area (Å²) in [5.41, 5.74) is 2.51. The lowest BCUT2D eigenvalue weighted by Gasteiger charge is -2.11. The van der Waals surface area contributed by atoms with E-state index < -0.39 is 0 Å². The average molecular weight is 396 g/mol. The van der Waals surface area contributed by atoms with Crippen LogP contribution in [0.5, 0.6) is 0 Å². The first-order valence-corrected chi connectivity index (χ1v) is 8.81. The van der Waals surface area contributed by atoms with Gasteiger partial charge in [-0.1, -0.05) is 46.3 Å². The predicted octanol–water partition coefficient (Wildman–Crippen LogP) is 4.75.